The molecule has 0 atom stereocenters. The van der Waals surface area contributed by atoms with Crippen LogP contribution in [0.15, 0.2) is 10.9 Å². The number of sulfonamides is 1. The Morgan fingerprint density at radius 3 is 2.85 bits per heavy atom. The summed E-state index contributed by atoms with van der Waals surface area (Å²) in [6, 6.07) is -0.173. The van der Waals surface area contributed by atoms with Crippen molar-refractivity contribution in [3.05, 3.63) is 16.6 Å². The smallest absolute Gasteiger partial charge is 0.317 e. The number of hydrogen-bond donors (Lipinski definition) is 1. The first-order valence-electron chi connectivity index (χ1n) is 6.32. The standard InChI is InChI=1S/C11H18N4O3S2/c1-20(17,18)15-4-2-3-14(5-6-15)11(16)12-7-10-8-19-9-13-10/h8-9H,2-7H2,1H3,(H,12,16). The summed E-state index contributed by atoms with van der Waals surface area (Å²) >= 11 is 1.48. The molecule has 1 fully saturated rings. The van der Waals surface area contributed by atoms with E-state index < -0.39 is 10.0 Å². The molecule has 2 amide bonds. The van der Waals surface area contributed by atoms with Crippen LogP contribution in [0.5, 0.6) is 0 Å². The summed E-state index contributed by atoms with van der Waals surface area (Å²) in [5.74, 6) is 0. The van der Waals surface area contributed by atoms with Gasteiger partial charge in [0.15, 0.2) is 0 Å². The normalized spacial score (nSPS) is 17.8. The van der Waals surface area contributed by atoms with Gasteiger partial charge in [-0.3, -0.25) is 0 Å². The maximum absolute atomic E-state index is 12.0. The summed E-state index contributed by atoms with van der Waals surface area (Å²) in [6.45, 7) is 2.19. The van der Waals surface area contributed by atoms with Crippen LogP contribution in [0.4, 0.5) is 4.79 Å². The Kier molecular flexibility index (Phi) is 4.95. The summed E-state index contributed by atoms with van der Waals surface area (Å²) in [4.78, 5) is 17.8. The average Bonchev–Trinajstić information content (AvgIpc) is 2.76. The molecular formula is C11H18N4O3S2. The van der Waals surface area contributed by atoms with Crippen molar-refractivity contribution in [1.82, 2.24) is 19.5 Å². The number of carbonyl (C=O) groups excluding carboxylic acids is 1. The van der Waals surface area contributed by atoms with Crippen LogP contribution < -0.4 is 5.32 Å². The average molecular weight is 318 g/mol. The molecule has 1 aliphatic rings. The molecule has 2 rings (SSSR count). The van der Waals surface area contributed by atoms with Crippen molar-refractivity contribution in [2.75, 3.05) is 32.4 Å². The summed E-state index contributed by atoms with van der Waals surface area (Å²) in [5.41, 5.74) is 2.55. The van der Waals surface area contributed by atoms with Gasteiger partial charge in [0.05, 0.1) is 24.0 Å². The second-order valence-corrected chi connectivity index (χ2v) is 7.34. The topological polar surface area (TPSA) is 82.6 Å². The molecule has 0 aromatic carbocycles. The Morgan fingerprint density at radius 2 is 2.20 bits per heavy atom. The predicted molar refractivity (Wildman–Crippen MR) is 77.0 cm³/mol. The van der Waals surface area contributed by atoms with Crippen molar-refractivity contribution in [3.8, 4) is 0 Å². The van der Waals surface area contributed by atoms with Gasteiger partial charge in [-0.05, 0) is 6.42 Å². The first-order valence-corrected chi connectivity index (χ1v) is 9.11. The van der Waals surface area contributed by atoms with Crippen LogP contribution in [0.25, 0.3) is 0 Å². The summed E-state index contributed by atoms with van der Waals surface area (Å²) in [7, 11) is -3.18. The third kappa shape index (κ3) is 4.15. The first kappa shape index (κ1) is 15.2. The van der Waals surface area contributed by atoms with Crippen LogP contribution in [-0.4, -0.2) is 61.1 Å². The van der Waals surface area contributed by atoms with Crippen LogP contribution in [0.1, 0.15) is 12.1 Å². The van der Waals surface area contributed by atoms with Gasteiger partial charge in [0.25, 0.3) is 0 Å². The molecule has 0 bridgehead atoms. The summed E-state index contributed by atoms with van der Waals surface area (Å²) in [6.07, 6.45) is 1.85. The van der Waals surface area contributed by atoms with E-state index >= 15 is 0 Å². The fourth-order valence-corrected chi connectivity index (χ4v) is 3.46. The van der Waals surface area contributed by atoms with Gasteiger partial charge < -0.3 is 10.2 Å². The highest BCUT2D eigenvalue weighted by Crippen LogP contribution is 2.07. The van der Waals surface area contributed by atoms with Crippen LogP contribution in [0, 0.1) is 0 Å². The van der Waals surface area contributed by atoms with Crippen molar-refractivity contribution in [2.24, 2.45) is 0 Å². The molecule has 7 nitrogen and oxygen atoms in total. The van der Waals surface area contributed by atoms with Crippen molar-refractivity contribution in [2.45, 2.75) is 13.0 Å². The number of hydrogen-bond acceptors (Lipinski definition) is 5. The lowest BCUT2D eigenvalue weighted by molar-refractivity contribution is 0.200. The second kappa shape index (κ2) is 6.51. The van der Waals surface area contributed by atoms with E-state index in [4.69, 9.17) is 0 Å². The monoisotopic (exact) mass is 318 g/mol. The molecule has 1 N–H and O–H groups in total. The maximum Gasteiger partial charge on any atom is 0.317 e. The molecule has 20 heavy (non-hydrogen) atoms. The zero-order valence-electron chi connectivity index (χ0n) is 11.3. The van der Waals surface area contributed by atoms with Gasteiger partial charge in [-0.25, -0.2) is 22.5 Å². The quantitative estimate of drug-likeness (QED) is 0.870. The van der Waals surface area contributed by atoms with E-state index in [0.717, 1.165) is 5.69 Å². The second-order valence-electron chi connectivity index (χ2n) is 4.64. The molecule has 0 aliphatic carbocycles. The molecule has 0 saturated carbocycles. The molecule has 9 heteroatoms. The van der Waals surface area contributed by atoms with E-state index in [9.17, 15) is 13.2 Å². The Bertz CT molecular complexity index is 544. The van der Waals surface area contributed by atoms with Crippen molar-refractivity contribution in [1.29, 1.82) is 0 Å². The van der Waals surface area contributed by atoms with Gasteiger partial charge in [0.1, 0.15) is 0 Å². The van der Waals surface area contributed by atoms with E-state index in [1.165, 1.54) is 21.9 Å². The van der Waals surface area contributed by atoms with Crippen molar-refractivity contribution < 1.29 is 13.2 Å². The number of rotatable bonds is 3. The largest absolute Gasteiger partial charge is 0.332 e. The van der Waals surface area contributed by atoms with Crippen LogP contribution >= 0.6 is 11.3 Å². The number of nitrogens with zero attached hydrogens (tertiary/aromatic N) is 3. The third-order valence-electron chi connectivity index (χ3n) is 3.12. The number of urea groups is 1. The molecule has 1 aliphatic heterocycles. The highest BCUT2D eigenvalue weighted by Gasteiger charge is 2.23. The zero-order chi connectivity index (χ0) is 14.6. The zero-order valence-corrected chi connectivity index (χ0v) is 12.9. The molecule has 0 spiro atoms. The minimum atomic E-state index is -3.18. The Hall–Kier alpha value is -1.19. The van der Waals surface area contributed by atoms with Crippen molar-refractivity contribution in [3.63, 3.8) is 0 Å². The number of amides is 2. The van der Waals surface area contributed by atoms with Crippen LogP contribution in [0.3, 0.4) is 0 Å². The van der Waals surface area contributed by atoms with E-state index in [-0.39, 0.29) is 6.03 Å². The molecule has 1 saturated heterocycles. The van der Waals surface area contributed by atoms with E-state index in [0.29, 0.717) is 39.1 Å². The molecule has 2 heterocycles. The van der Waals surface area contributed by atoms with Gasteiger partial charge in [0, 0.05) is 31.6 Å². The van der Waals surface area contributed by atoms with Crippen molar-refractivity contribution >= 4 is 27.4 Å². The maximum atomic E-state index is 12.0. The summed E-state index contributed by atoms with van der Waals surface area (Å²) in [5, 5.41) is 4.68. The van der Waals surface area contributed by atoms with Gasteiger partial charge in [-0.2, -0.15) is 0 Å². The molecule has 0 radical (unpaired) electrons. The fraction of sp³-hybridized carbons (Fsp3) is 0.636. The van der Waals surface area contributed by atoms with Gasteiger partial charge in [0.2, 0.25) is 10.0 Å². The minimum Gasteiger partial charge on any atom is -0.332 e. The molecule has 0 unspecified atom stereocenters. The number of thiazole rings is 1. The first-order chi connectivity index (χ1) is 9.47. The fourth-order valence-electron chi connectivity index (χ4n) is 2.03. The van der Waals surface area contributed by atoms with E-state index in [1.807, 2.05) is 5.38 Å². The predicted octanol–water partition coefficient (Wildman–Crippen LogP) is 0.320. The van der Waals surface area contributed by atoms with Crippen LogP contribution in [0.2, 0.25) is 0 Å². The number of carbonyl (C=O) groups is 1. The van der Waals surface area contributed by atoms with Gasteiger partial charge in [-0.1, -0.05) is 0 Å². The SMILES string of the molecule is CS(=O)(=O)N1CCCN(C(=O)NCc2cscn2)CC1. The Morgan fingerprint density at radius 1 is 1.40 bits per heavy atom. The lowest BCUT2D eigenvalue weighted by atomic mass is 10.4. The van der Waals surface area contributed by atoms with Crippen LogP contribution in [-0.2, 0) is 16.6 Å². The van der Waals surface area contributed by atoms with E-state index in [2.05, 4.69) is 10.3 Å². The van der Waals surface area contributed by atoms with Gasteiger partial charge >= 0.3 is 6.03 Å². The lowest BCUT2D eigenvalue weighted by Crippen LogP contribution is -2.42. The third-order valence-corrected chi connectivity index (χ3v) is 5.05. The summed E-state index contributed by atoms with van der Waals surface area (Å²) < 4.78 is 24.4. The minimum absolute atomic E-state index is 0.173. The molecule has 1 aromatic heterocycles. The lowest BCUT2D eigenvalue weighted by Gasteiger charge is -2.21. The van der Waals surface area contributed by atoms with E-state index in [1.54, 1.807) is 10.4 Å². The highest BCUT2D eigenvalue weighted by molar-refractivity contribution is 7.88. The van der Waals surface area contributed by atoms with Gasteiger partial charge in [-0.15, -0.1) is 11.3 Å². The highest BCUT2D eigenvalue weighted by atomic mass is 32.2. The number of aromatic nitrogens is 1. The Labute approximate surface area is 122 Å². The molecular weight excluding hydrogens is 300 g/mol. The Balaban J connectivity index is 1.85. The molecule has 112 valence electrons. The molecule has 1 aromatic rings. The number of nitrogens with one attached hydrogen (secondary N) is 1.